The van der Waals surface area contributed by atoms with Gasteiger partial charge >= 0.3 is 5.97 Å². The van der Waals surface area contributed by atoms with Crippen LogP contribution in [0.2, 0.25) is 0 Å². The normalized spacial score (nSPS) is 16.8. The van der Waals surface area contributed by atoms with Gasteiger partial charge in [0.1, 0.15) is 48.0 Å². The standard InChI is InChI=1S/C45H56FN9O11/c1-21-34(39(49)54-40(51-21)26-9-10-29(45(3,4)5)35(46)38(26)59)42(61)50-19-33(57)55(6)36-24-16-28(37(58)32(17-24)66-20-25(56)18-48)27-14-23(8-11-31(27)65-13-7-12-47)15-30(44(63)64)53-41(60)22(2)52-43(36)62/h8-11,14,16-17,22,25,30,36,56,58-59H,7,12-13,15,18-20,47-48H2,1-6H3,(H,50,61)(H,52,62)(H,53,60)(H,63,64)(H2,49,51,54)/t22-,25+,30-,36-/m0/s1. The van der Waals surface area contributed by atoms with Crippen LogP contribution in [-0.4, -0.2) is 123 Å². The van der Waals surface area contributed by atoms with Crippen molar-refractivity contribution in [2.75, 3.05) is 45.6 Å². The van der Waals surface area contributed by atoms with Crippen LogP contribution in [0.3, 0.4) is 0 Å². The zero-order valence-corrected chi connectivity index (χ0v) is 37.4. The van der Waals surface area contributed by atoms with Gasteiger partial charge in [0.05, 0.1) is 24.4 Å². The summed E-state index contributed by atoms with van der Waals surface area (Å²) in [5.74, 6) is -7.51. The van der Waals surface area contributed by atoms with Gasteiger partial charge in [-0.25, -0.2) is 19.2 Å². The van der Waals surface area contributed by atoms with E-state index in [-0.39, 0.29) is 81.8 Å². The number of carboxylic acid groups (broad SMARTS) is 1. The molecular weight excluding hydrogens is 862 g/mol. The number of aliphatic carboxylic acids is 1. The fourth-order valence-corrected chi connectivity index (χ4v) is 7.14. The summed E-state index contributed by atoms with van der Waals surface area (Å²) in [6.45, 7) is 7.15. The Balaban J connectivity index is 1.56. The van der Waals surface area contributed by atoms with Gasteiger partial charge in [-0.15, -0.1) is 0 Å². The number of aromatic nitrogens is 2. The molecule has 1 aliphatic rings. The van der Waals surface area contributed by atoms with E-state index in [4.69, 9.17) is 26.7 Å². The van der Waals surface area contributed by atoms with Crippen LogP contribution in [0.15, 0.2) is 42.5 Å². The Morgan fingerprint density at radius 1 is 0.970 bits per heavy atom. The number of nitrogen functional groups attached to an aromatic ring is 1. The average molecular weight is 918 g/mol. The third-order valence-corrected chi connectivity index (χ3v) is 10.8. The Morgan fingerprint density at radius 3 is 2.32 bits per heavy atom. The number of aromatic hydroxyl groups is 2. The maximum absolute atomic E-state index is 15.2. The van der Waals surface area contributed by atoms with Crippen LogP contribution in [0.1, 0.15) is 72.9 Å². The Morgan fingerprint density at radius 2 is 1.68 bits per heavy atom. The van der Waals surface area contributed by atoms with Crippen molar-refractivity contribution in [1.29, 1.82) is 0 Å². The summed E-state index contributed by atoms with van der Waals surface area (Å²) in [6.07, 6.45) is -0.953. The predicted octanol–water partition coefficient (Wildman–Crippen LogP) is 1.53. The molecule has 1 aromatic heterocycles. The number of carbonyl (C=O) groups excluding carboxylic acids is 4. The number of likely N-dealkylation sites (N-methyl/N-ethyl adjacent to an activating group) is 1. The van der Waals surface area contributed by atoms with Crippen LogP contribution in [0.4, 0.5) is 10.2 Å². The fourth-order valence-electron chi connectivity index (χ4n) is 7.14. The zero-order valence-electron chi connectivity index (χ0n) is 37.4. The van der Waals surface area contributed by atoms with Crippen LogP contribution in [-0.2, 0) is 31.0 Å². The number of amides is 4. The third-order valence-electron chi connectivity index (χ3n) is 10.8. The van der Waals surface area contributed by atoms with Crippen molar-refractivity contribution in [2.24, 2.45) is 11.5 Å². The van der Waals surface area contributed by atoms with Gasteiger partial charge in [-0.1, -0.05) is 32.9 Å². The van der Waals surface area contributed by atoms with Crippen molar-refractivity contribution in [1.82, 2.24) is 30.8 Å². The maximum atomic E-state index is 15.2. The average Bonchev–Trinajstić information content (AvgIpc) is 3.25. The molecule has 0 spiro atoms. The molecule has 21 heteroatoms. The van der Waals surface area contributed by atoms with E-state index in [0.717, 1.165) is 4.90 Å². The van der Waals surface area contributed by atoms with E-state index in [1.807, 2.05) is 0 Å². The molecule has 20 nitrogen and oxygen atoms in total. The van der Waals surface area contributed by atoms with Gasteiger partial charge < -0.3 is 68.0 Å². The van der Waals surface area contributed by atoms with E-state index in [2.05, 4.69) is 25.9 Å². The summed E-state index contributed by atoms with van der Waals surface area (Å²) >= 11 is 0. The molecule has 13 N–H and O–H groups in total. The number of hydrogen-bond donors (Lipinski definition) is 10. The largest absolute Gasteiger partial charge is 0.504 e. The smallest absolute Gasteiger partial charge is 0.326 e. The van der Waals surface area contributed by atoms with E-state index >= 15 is 4.39 Å². The maximum Gasteiger partial charge on any atom is 0.326 e. The number of anilines is 1. The Hall–Kier alpha value is -7.10. The van der Waals surface area contributed by atoms with Crippen LogP contribution in [0.5, 0.6) is 23.0 Å². The van der Waals surface area contributed by atoms with Gasteiger partial charge in [-0.3, -0.25) is 19.2 Å². The highest BCUT2D eigenvalue weighted by Gasteiger charge is 2.35. The number of hydrogen-bond acceptors (Lipinski definition) is 15. The molecule has 2 heterocycles. The van der Waals surface area contributed by atoms with Crippen molar-refractivity contribution in [2.45, 2.75) is 77.1 Å². The first-order valence-corrected chi connectivity index (χ1v) is 21.0. The molecule has 0 saturated carbocycles. The number of nitrogens with two attached hydrogens (primary N) is 3. The molecule has 1 aliphatic heterocycles. The topological polar surface area (TPSA) is 328 Å². The summed E-state index contributed by atoms with van der Waals surface area (Å²) < 4.78 is 27.1. The predicted molar refractivity (Wildman–Crippen MR) is 239 cm³/mol. The lowest BCUT2D eigenvalue weighted by Gasteiger charge is -2.30. The second kappa shape index (κ2) is 20.8. The molecule has 0 radical (unpaired) electrons. The lowest BCUT2D eigenvalue weighted by Crippen LogP contribution is -2.53. The molecule has 0 unspecified atom stereocenters. The lowest BCUT2D eigenvalue weighted by molar-refractivity contribution is -0.142. The number of nitrogens with one attached hydrogen (secondary N) is 3. The molecule has 0 fully saturated rings. The summed E-state index contributed by atoms with van der Waals surface area (Å²) in [5.41, 5.74) is 17.5. The van der Waals surface area contributed by atoms with Crippen molar-refractivity contribution >= 4 is 35.4 Å². The van der Waals surface area contributed by atoms with Crippen LogP contribution < -0.4 is 42.6 Å². The molecule has 3 aromatic carbocycles. The Kier molecular flexibility index (Phi) is 15.7. The number of ether oxygens (including phenoxy) is 2. The molecule has 0 saturated heterocycles. The van der Waals surface area contributed by atoms with Gasteiger partial charge in [-0.2, -0.15) is 0 Å². The van der Waals surface area contributed by atoms with Gasteiger partial charge in [0, 0.05) is 31.1 Å². The third kappa shape index (κ3) is 11.2. The molecule has 4 amide bonds. The number of fused-ring (bicyclic) bond motifs is 5. The van der Waals surface area contributed by atoms with Crippen molar-refractivity contribution in [3.05, 3.63) is 76.2 Å². The van der Waals surface area contributed by atoms with Crippen molar-refractivity contribution in [3.63, 3.8) is 0 Å². The number of aliphatic hydroxyl groups excluding tert-OH is 1. The van der Waals surface area contributed by atoms with E-state index in [9.17, 15) is 44.4 Å². The molecule has 4 bridgehead atoms. The van der Waals surface area contributed by atoms with E-state index < -0.39 is 89.7 Å². The Bertz CT molecular complexity index is 2490. The highest BCUT2D eigenvalue weighted by Crippen LogP contribution is 2.45. The lowest BCUT2D eigenvalue weighted by atomic mass is 9.85. The number of phenolic OH excluding ortho intramolecular Hbond substituents is 2. The van der Waals surface area contributed by atoms with Crippen LogP contribution >= 0.6 is 0 Å². The molecule has 5 rings (SSSR count). The highest BCUT2D eigenvalue weighted by atomic mass is 19.1. The van der Waals surface area contributed by atoms with E-state index in [1.165, 1.54) is 45.2 Å². The number of carboxylic acids is 1. The van der Waals surface area contributed by atoms with Gasteiger partial charge in [0.2, 0.25) is 17.7 Å². The minimum atomic E-state index is -1.64. The number of carbonyl (C=O) groups is 5. The SMILES string of the molecule is Cc1nc(-c2ccc(C(C)(C)C)c(F)c2O)nc(N)c1C(=O)NCC(=O)N(C)[C@@H]1C(=O)N[C@@H](C)C(=O)N[C@H](C(=O)O)Cc2ccc(OCCCN)c(c2)-c2cc1cc(OC[C@H](O)CN)c2O. The molecule has 354 valence electrons. The van der Waals surface area contributed by atoms with E-state index in [1.54, 1.807) is 39.0 Å². The summed E-state index contributed by atoms with van der Waals surface area (Å²) in [5, 5.41) is 50.3. The summed E-state index contributed by atoms with van der Waals surface area (Å²) in [6, 6.07) is 5.79. The Labute approximate surface area is 379 Å². The van der Waals surface area contributed by atoms with Crippen molar-refractivity contribution < 1.29 is 58.3 Å². The molecular formula is C45H56FN9O11. The summed E-state index contributed by atoms with van der Waals surface area (Å²) in [4.78, 5) is 77.3. The van der Waals surface area contributed by atoms with Crippen LogP contribution in [0, 0.1) is 12.7 Å². The second-order valence-electron chi connectivity index (χ2n) is 16.8. The first-order chi connectivity index (χ1) is 31.1. The van der Waals surface area contributed by atoms with Crippen molar-refractivity contribution in [3.8, 4) is 45.5 Å². The highest BCUT2D eigenvalue weighted by molar-refractivity contribution is 6.02. The van der Waals surface area contributed by atoms with Gasteiger partial charge in [-0.05, 0) is 79.3 Å². The fraction of sp³-hybridized carbons (Fsp3) is 0.400. The molecule has 0 aliphatic carbocycles. The van der Waals surface area contributed by atoms with E-state index in [0.29, 0.717) is 18.5 Å². The molecule has 4 atom stereocenters. The minimum absolute atomic E-state index is 0.0120. The number of aryl methyl sites for hydroxylation is 1. The first kappa shape index (κ1) is 49.9. The quantitative estimate of drug-likeness (QED) is 0.0802. The first-order valence-electron chi connectivity index (χ1n) is 21.0. The number of halogens is 1. The van der Waals surface area contributed by atoms with Gasteiger partial charge in [0.15, 0.2) is 28.9 Å². The molecule has 4 aromatic rings. The number of rotatable bonds is 14. The number of nitrogens with zero attached hydrogens (tertiary/aromatic N) is 3. The summed E-state index contributed by atoms with van der Waals surface area (Å²) in [7, 11) is 1.24. The number of aliphatic hydroxyl groups is 1. The second-order valence-corrected chi connectivity index (χ2v) is 16.8. The zero-order chi connectivity index (χ0) is 48.8. The number of phenols is 2. The number of benzene rings is 3. The van der Waals surface area contributed by atoms with Crippen LogP contribution in [0.25, 0.3) is 22.5 Å². The monoisotopic (exact) mass is 917 g/mol. The van der Waals surface area contributed by atoms with Gasteiger partial charge in [0.25, 0.3) is 5.91 Å². The minimum Gasteiger partial charge on any atom is -0.504 e. The molecule has 66 heavy (non-hydrogen) atoms.